The molecule has 2 aromatic rings. The molecule has 0 radical (unpaired) electrons. The third kappa shape index (κ3) is 3.04. The molecule has 23 heavy (non-hydrogen) atoms. The van der Waals surface area contributed by atoms with Crippen molar-refractivity contribution < 1.29 is 13.9 Å². The predicted octanol–water partition coefficient (Wildman–Crippen LogP) is 3.29. The van der Waals surface area contributed by atoms with Gasteiger partial charge in [-0.25, -0.2) is 4.79 Å². The molecular weight excluding hydrogens is 294 g/mol. The molecule has 5 nitrogen and oxygen atoms in total. The largest absolute Gasteiger partial charge is 0.500 e. The molecule has 0 spiro atoms. The number of ether oxygens (including phenoxy) is 1. The number of carbonyl (C=O) groups is 1. The summed E-state index contributed by atoms with van der Waals surface area (Å²) < 4.78 is 10.5. The molecule has 0 aliphatic heterocycles. The number of carbonyl (C=O) groups excluding carboxylic acids is 1. The topological polar surface area (TPSA) is 68.5 Å². The zero-order valence-corrected chi connectivity index (χ0v) is 13.0. The minimum Gasteiger partial charge on any atom is -0.500 e. The summed E-state index contributed by atoms with van der Waals surface area (Å²) in [6.07, 6.45) is 5.32. The van der Waals surface area contributed by atoms with E-state index in [1.807, 2.05) is 6.08 Å². The molecule has 5 heteroatoms. The maximum atomic E-state index is 12.4. The number of allylic oxidation sites excluding steroid dienone is 2. The van der Waals surface area contributed by atoms with E-state index in [1.165, 1.54) is 0 Å². The smallest absolute Gasteiger partial charge is 0.339 e. The molecule has 1 N–H and O–H groups in total. The van der Waals surface area contributed by atoms with Crippen LogP contribution in [0, 0.1) is 6.92 Å². The number of amides is 1. The van der Waals surface area contributed by atoms with Gasteiger partial charge in [-0.05, 0) is 37.6 Å². The summed E-state index contributed by atoms with van der Waals surface area (Å²) >= 11 is 0. The van der Waals surface area contributed by atoms with Crippen molar-refractivity contribution in [2.24, 2.45) is 0 Å². The number of methoxy groups -OCH3 is 1. The lowest BCUT2D eigenvalue weighted by Gasteiger charge is -2.14. The van der Waals surface area contributed by atoms with E-state index >= 15 is 0 Å². The van der Waals surface area contributed by atoms with Gasteiger partial charge in [-0.2, -0.15) is 0 Å². The highest BCUT2D eigenvalue weighted by Gasteiger charge is 2.16. The molecular formula is C18H17NO4. The first kappa shape index (κ1) is 15.1. The van der Waals surface area contributed by atoms with E-state index in [1.54, 1.807) is 44.4 Å². The van der Waals surface area contributed by atoms with Crippen LogP contribution >= 0.6 is 0 Å². The quantitative estimate of drug-likeness (QED) is 0.883. The van der Waals surface area contributed by atoms with Gasteiger partial charge in [0.1, 0.15) is 11.3 Å². The maximum absolute atomic E-state index is 12.4. The van der Waals surface area contributed by atoms with Crippen molar-refractivity contribution in [2.75, 3.05) is 12.4 Å². The fourth-order valence-electron chi connectivity index (χ4n) is 2.56. The Morgan fingerprint density at radius 1 is 1.30 bits per heavy atom. The molecule has 0 bridgehead atoms. The van der Waals surface area contributed by atoms with Gasteiger partial charge in [-0.15, -0.1) is 0 Å². The van der Waals surface area contributed by atoms with Gasteiger partial charge in [0.05, 0.1) is 12.7 Å². The number of aryl methyl sites for hydroxylation is 1. The summed E-state index contributed by atoms with van der Waals surface area (Å²) in [7, 11) is 1.57. The third-order valence-electron chi connectivity index (χ3n) is 3.78. The van der Waals surface area contributed by atoms with Crippen LogP contribution in [0.4, 0.5) is 5.69 Å². The minimum atomic E-state index is -0.350. The fraction of sp³-hybridized carbons (Fsp3) is 0.222. The van der Waals surface area contributed by atoms with E-state index in [-0.39, 0.29) is 11.5 Å². The van der Waals surface area contributed by atoms with Crippen molar-refractivity contribution in [2.45, 2.75) is 19.8 Å². The molecule has 3 rings (SSSR count). The van der Waals surface area contributed by atoms with Gasteiger partial charge in [0.25, 0.3) is 5.91 Å². The summed E-state index contributed by atoms with van der Waals surface area (Å²) in [6, 6.07) is 6.91. The molecule has 1 amide bonds. The van der Waals surface area contributed by atoms with E-state index in [2.05, 4.69) is 5.32 Å². The molecule has 1 aromatic heterocycles. The van der Waals surface area contributed by atoms with Crippen molar-refractivity contribution >= 4 is 22.6 Å². The number of hydrogen-bond donors (Lipinski definition) is 1. The van der Waals surface area contributed by atoms with E-state index in [9.17, 15) is 9.59 Å². The molecule has 1 aliphatic carbocycles. The van der Waals surface area contributed by atoms with E-state index in [0.29, 0.717) is 28.2 Å². The van der Waals surface area contributed by atoms with Crippen LogP contribution in [0.25, 0.3) is 11.0 Å². The Morgan fingerprint density at radius 2 is 2.13 bits per heavy atom. The number of rotatable bonds is 3. The van der Waals surface area contributed by atoms with Crippen molar-refractivity contribution in [3.8, 4) is 0 Å². The lowest BCUT2D eigenvalue weighted by atomic mass is 10.0. The Morgan fingerprint density at radius 3 is 2.91 bits per heavy atom. The summed E-state index contributed by atoms with van der Waals surface area (Å²) in [5, 5.41) is 3.62. The van der Waals surface area contributed by atoms with Crippen LogP contribution in [0.2, 0.25) is 0 Å². The lowest BCUT2D eigenvalue weighted by molar-refractivity contribution is -0.112. The zero-order chi connectivity index (χ0) is 16.4. The number of fused-ring (bicyclic) bond motifs is 1. The third-order valence-corrected chi connectivity index (χ3v) is 3.78. The molecule has 0 saturated carbocycles. The van der Waals surface area contributed by atoms with Gasteiger partial charge in [0.15, 0.2) is 0 Å². The number of anilines is 1. The molecule has 1 heterocycles. The molecule has 118 valence electrons. The van der Waals surface area contributed by atoms with Crippen molar-refractivity contribution in [3.05, 3.63) is 63.7 Å². The standard InChI is InChI=1S/C18H17NO4/c1-11-9-12-10-13(7-8-15(12)23-18(11)21)19-17(20)14-5-3-4-6-16(14)22-2/h3,5,7-10H,4,6H2,1-2H3,(H,19,20). The minimum absolute atomic E-state index is 0.216. The highest BCUT2D eigenvalue weighted by atomic mass is 16.5. The average molecular weight is 311 g/mol. The second kappa shape index (κ2) is 6.12. The summed E-state index contributed by atoms with van der Waals surface area (Å²) in [6.45, 7) is 1.69. The second-order valence-electron chi connectivity index (χ2n) is 5.41. The molecule has 0 unspecified atom stereocenters. The number of hydrogen-bond acceptors (Lipinski definition) is 4. The van der Waals surface area contributed by atoms with E-state index < -0.39 is 0 Å². The Hall–Kier alpha value is -2.82. The Kier molecular flexibility index (Phi) is 4.02. The van der Waals surface area contributed by atoms with Crippen LogP contribution in [0.3, 0.4) is 0 Å². The highest BCUT2D eigenvalue weighted by molar-refractivity contribution is 6.06. The summed E-state index contributed by atoms with van der Waals surface area (Å²) in [5.74, 6) is 0.471. The van der Waals surface area contributed by atoms with Crippen molar-refractivity contribution in [1.29, 1.82) is 0 Å². The molecule has 0 fully saturated rings. The van der Waals surface area contributed by atoms with Gasteiger partial charge in [-0.1, -0.05) is 12.2 Å². The van der Waals surface area contributed by atoms with Gasteiger partial charge < -0.3 is 14.5 Å². The maximum Gasteiger partial charge on any atom is 0.339 e. The Bertz CT molecular complexity index is 890. The van der Waals surface area contributed by atoms with Crippen LogP contribution in [0.5, 0.6) is 0 Å². The van der Waals surface area contributed by atoms with Gasteiger partial charge in [0, 0.05) is 23.1 Å². The van der Waals surface area contributed by atoms with Crippen LogP contribution < -0.4 is 10.9 Å². The summed E-state index contributed by atoms with van der Waals surface area (Å²) in [5.41, 5.74) is 1.84. The number of benzene rings is 1. The predicted molar refractivity (Wildman–Crippen MR) is 88.3 cm³/mol. The van der Waals surface area contributed by atoms with E-state index in [4.69, 9.17) is 9.15 Å². The summed E-state index contributed by atoms with van der Waals surface area (Å²) in [4.78, 5) is 23.9. The Labute approximate surface area is 133 Å². The monoisotopic (exact) mass is 311 g/mol. The Balaban J connectivity index is 1.91. The SMILES string of the molecule is COC1=C(C(=O)Nc2ccc3oc(=O)c(C)cc3c2)C=CCC1. The molecule has 1 aliphatic rings. The van der Waals surface area contributed by atoms with Gasteiger partial charge in [0.2, 0.25) is 0 Å². The van der Waals surface area contributed by atoms with Gasteiger partial charge >= 0.3 is 5.63 Å². The number of nitrogens with one attached hydrogen (secondary N) is 1. The first-order valence-electron chi connectivity index (χ1n) is 7.38. The van der Waals surface area contributed by atoms with Gasteiger partial charge in [-0.3, -0.25) is 4.79 Å². The molecule has 0 saturated heterocycles. The van der Waals surface area contributed by atoms with Crippen LogP contribution in [0.1, 0.15) is 18.4 Å². The van der Waals surface area contributed by atoms with Crippen molar-refractivity contribution in [3.63, 3.8) is 0 Å². The van der Waals surface area contributed by atoms with Crippen LogP contribution in [-0.4, -0.2) is 13.0 Å². The zero-order valence-electron chi connectivity index (χ0n) is 13.0. The normalized spacial score (nSPS) is 14.2. The molecule has 1 aromatic carbocycles. The average Bonchev–Trinajstić information content (AvgIpc) is 2.56. The van der Waals surface area contributed by atoms with E-state index in [0.717, 1.165) is 18.2 Å². The second-order valence-corrected chi connectivity index (χ2v) is 5.41. The lowest BCUT2D eigenvalue weighted by Crippen LogP contribution is -2.17. The molecule has 0 atom stereocenters. The first-order valence-corrected chi connectivity index (χ1v) is 7.38. The van der Waals surface area contributed by atoms with Crippen molar-refractivity contribution in [1.82, 2.24) is 0 Å². The van der Waals surface area contributed by atoms with Crippen LogP contribution in [0.15, 0.2) is 57.0 Å². The van der Waals surface area contributed by atoms with Crippen LogP contribution in [-0.2, 0) is 9.53 Å². The fourth-order valence-corrected chi connectivity index (χ4v) is 2.56. The first-order chi connectivity index (χ1) is 11.1. The highest BCUT2D eigenvalue weighted by Crippen LogP contribution is 2.23.